The predicted molar refractivity (Wildman–Crippen MR) is 106 cm³/mol. The van der Waals surface area contributed by atoms with Gasteiger partial charge in [-0.1, -0.05) is 29.4 Å². The Morgan fingerprint density at radius 1 is 1.28 bits per heavy atom. The molecule has 0 saturated carbocycles. The van der Waals surface area contributed by atoms with Crippen LogP contribution in [0, 0.1) is 0 Å². The van der Waals surface area contributed by atoms with Crippen molar-refractivity contribution in [2.45, 2.75) is 23.5 Å². The summed E-state index contributed by atoms with van der Waals surface area (Å²) in [6.07, 6.45) is 0.615. The third kappa shape index (κ3) is 3.48. The minimum Gasteiger partial charge on any atom is -0.491 e. The number of amides is 1. The van der Waals surface area contributed by atoms with Gasteiger partial charge in [-0.3, -0.25) is 4.90 Å². The third-order valence-corrected chi connectivity index (χ3v) is 6.18. The van der Waals surface area contributed by atoms with Gasteiger partial charge in [0.1, 0.15) is 11.9 Å². The number of hydrogen-bond donors (Lipinski definition) is 0. The van der Waals surface area contributed by atoms with Crippen LogP contribution in [0.3, 0.4) is 0 Å². The first-order valence-electron chi connectivity index (χ1n) is 8.97. The standard InChI is InChI=1S/C19H18N4O5S/c1-29(25,26)18-5-3-2-4-13(18)12-6-7-14-16(10-12)27-9-8-15-17(11-21-22-20)28-19(24)23(14)15/h2-7,10,15,17H,8-9,11H2,1H3/t15-,17-/m0/s1. The molecular formula is C19H18N4O5S. The molecule has 2 aliphatic rings. The van der Waals surface area contributed by atoms with Crippen LogP contribution in [-0.4, -0.2) is 46.1 Å². The lowest BCUT2D eigenvalue weighted by Crippen LogP contribution is -2.37. The van der Waals surface area contributed by atoms with Crippen molar-refractivity contribution in [2.75, 3.05) is 24.3 Å². The van der Waals surface area contributed by atoms with Crippen LogP contribution >= 0.6 is 0 Å². The van der Waals surface area contributed by atoms with E-state index in [1.807, 2.05) is 0 Å². The van der Waals surface area contributed by atoms with Gasteiger partial charge in [0.25, 0.3) is 0 Å². The summed E-state index contributed by atoms with van der Waals surface area (Å²) in [6.45, 7) is 0.396. The van der Waals surface area contributed by atoms with Gasteiger partial charge >= 0.3 is 6.09 Å². The number of carbonyl (C=O) groups is 1. The maximum Gasteiger partial charge on any atom is 0.415 e. The van der Waals surface area contributed by atoms with Crippen LogP contribution in [0.4, 0.5) is 10.5 Å². The molecule has 29 heavy (non-hydrogen) atoms. The van der Waals surface area contributed by atoms with Crippen molar-refractivity contribution in [1.29, 1.82) is 0 Å². The zero-order valence-corrected chi connectivity index (χ0v) is 16.4. The first kappa shape index (κ1) is 19.1. The molecule has 0 bridgehead atoms. The van der Waals surface area contributed by atoms with Gasteiger partial charge in [-0.2, -0.15) is 0 Å². The van der Waals surface area contributed by atoms with Crippen molar-refractivity contribution < 1.29 is 22.7 Å². The quantitative estimate of drug-likeness (QED) is 0.430. The highest BCUT2D eigenvalue weighted by Crippen LogP contribution is 2.41. The van der Waals surface area contributed by atoms with Crippen molar-refractivity contribution >= 4 is 21.6 Å². The van der Waals surface area contributed by atoms with Crippen LogP contribution in [0.5, 0.6) is 5.75 Å². The fourth-order valence-corrected chi connectivity index (χ4v) is 4.66. The normalized spacial score (nSPS) is 20.6. The molecule has 2 aromatic rings. The zero-order valence-electron chi connectivity index (χ0n) is 15.6. The highest BCUT2D eigenvalue weighted by Gasteiger charge is 2.44. The van der Waals surface area contributed by atoms with Crippen molar-refractivity contribution in [3.8, 4) is 16.9 Å². The highest BCUT2D eigenvalue weighted by molar-refractivity contribution is 7.90. The number of azide groups is 1. The molecule has 0 aliphatic carbocycles. The Hall–Kier alpha value is -3.23. The molecule has 2 aromatic carbocycles. The smallest absolute Gasteiger partial charge is 0.415 e. The van der Waals surface area contributed by atoms with E-state index < -0.39 is 22.0 Å². The maximum absolute atomic E-state index is 12.5. The Bertz CT molecular complexity index is 1130. The van der Waals surface area contributed by atoms with Gasteiger partial charge in [0, 0.05) is 23.2 Å². The van der Waals surface area contributed by atoms with E-state index in [0.29, 0.717) is 35.6 Å². The Labute approximate surface area is 167 Å². The molecule has 150 valence electrons. The number of nitrogens with zero attached hydrogens (tertiary/aromatic N) is 4. The number of hydrogen-bond acceptors (Lipinski definition) is 6. The largest absolute Gasteiger partial charge is 0.491 e. The van der Waals surface area contributed by atoms with E-state index in [9.17, 15) is 13.2 Å². The molecule has 4 rings (SSSR count). The Balaban J connectivity index is 1.76. The van der Waals surface area contributed by atoms with Crippen LogP contribution in [0.2, 0.25) is 0 Å². The highest BCUT2D eigenvalue weighted by atomic mass is 32.2. The first-order valence-corrected chi connectivity index (χ1v) is 10.9. The monoisotopic (exact) mass is 414 g/mol. The van der Waals surface area contributed by atoms with Crippen molar-refractivity contribution in [1.82, 2.24) is 0 Å². The van der Waals surface area contributed by atoms with E-state index in [1.165, 1.54) is 11.2 Å². The molecule has 2 aliphatic heterocycles. The molecule has 1 fully saturated rings. The van der Waals surface area contributed by atoms with Gasteiger partial charge in [0.2, 0.25) is 0 Å². The number of fused-ring (bicyclic) bond motifs is 3. The summed E-state index contributed by atoms with van der Waals surface area (Å²) >= 11 is 0. The topological polar surface area (TPSA) is 122 Å². The van der Waals surface area contributed by atoms with Crippen LogP contribution < -0.4 is 9.64 Å². The molecule has 10 heteroatoms. The predicted octanol–water partition coefficient (Wildman–Crippen LogP) is 3.54. The molecule has 9 nitrogen and oxygen atoms in total. The summed E-state index contributed by atoms with van der Waals surface area (Å²) in [5.41, 5.74) is 10.3. The minimum absolute atomic E-state index is 0.0541. The van der Waals surface area contributed by atoms with Gasteiger partial charge in [-0.15, -0.1) is 0 Å². The number of benzene rings is 2. The number of anilines is 1. The summed E-state index contributed by atoms with van der Waals surface area (Å²) in [5, 5.41) is 3.53. The summed E-state index contributed by atoms with van der Waals surface area (Å²) in [5.74, 6) is 0.467. The average Bonchev–Trinajstić information content (AvgIpc) is 2.88. The minimum atomic E-state index is -3.41. The van der Waals surface area contributed by atoms with E-state index in [2.05, 4.69) is 10.0 Å². The zero-order chi connectivity index (χ0) is 20.6. The number of carbonyl (C=O) groups excluding carboxylic acids is 1. The molecule has 2 heterocycles. The van der Waals surface area contributed by atoms with E-state index in [-0.39, 0.29) is 17.5 Å². The molecule has 0 spiro atoms. The Kier molecular flexibility index (Phi) is 4.81. The second-order valence-corrected chi connectivity index (χ2v) is 8.85. The van der Waals surface area contributed by atoms with E-state index in [0.717, 1.165) is 0 Å². The first-order chi connectivity index (χ1) is 13.9. The summed E-state index contributed by atoms with van der Waals surface area (Å²) in [6, 6.07) is 11.6. The Morgan fingerprint density at radius 2 is 2.07 bits per heavy atom. The number of sulfone groups is 1. The van der Waals surface area contributed by atoms with Crippen molar-refractivity contribution in [2.24, 2.45) is 5.11 Å². The molecule has 0 aromatic heterocycles. The van der Waals surface area contributed by atoms with E-state index in [1.54, 1.807) is 42.5 Å². The SMILES string of the molecule is CS(=O)(=O)c1ccccc1-c1ccc2c(c1)OCC[C@H]1[C@H](CN=[N+]=[N-])OC(=O)N21. The molecule has 0 radical (unpaired) electrons. The Morgan fingerprint density at radius 3 is 2.83 bits per heavy atom. The van der Waals surface area contributed by atoms with E-state index in [4.69, 9.17) is 15.0 Å². The lowest BCUT2D eigenvalue weighted by atomic mass is 10.0. The molecule has 0 N–H and O–H groups in total. The van der Waals surface area contributed by atoms with Gasteiger partial charge in [0.15, 0.2) is 9.84 Å². The molecule has 1 amide bonds. The summed E-state index contributed by atoms with van der Waals surface area (Å²) in [4.78, 5) is 17.0. The molecule has 0 unspecified atom stereocenters. The second kappa shape index (κ2) is 7.31. The maximum atomic E-state index is 12.5. The fraction of sp³-hybridized carbons (Fsp3) is 0.316. The second-order valence-electron chi connectivity index (χ2n) is 6.86. The lowest BCUT2D eigenvalue weighted by molar-refractivity contribution is 0.131. The number of rotatable bonds is 4. The van der Waals surface area contributed by atoms with Gasteiger partial charge in [0.05, 0.1) is 29.8 Å². The number of cyclic esters (lactones) is 1. The molecular weight excluding hydrogens is 396 g/mol. The fourth-order valence-electron chi connectivity index (χ4n) is 3.75. The van der Waals surface area contributed by atoms with Crippen LogP contribution in [0.25, 0.3) is 21.6 Å². The summed E-state index contributed by atoms with van der Waals surface area (Å²) < 4.78 is 35.6. The van der Waals surface area contributed by atoms with Gasteiger partial charge in [-0.05, 0) is 29.3 Å². The lowest BCUT2D eigenvalue weighted by Gasteiger charge is -2.21. The molecule has 2 atom stereocenters. The van der Waals surface area contributed by atoms with Crippen LogP contribution in [0.1, 0.15) is 6.42 Å². The van der Waals surface area contributed by atoms with Crippen molar-refractivity contribution in [3.63, 3.8) is 0 Å². The number of ether oxygens (including phenoxy) is 2. The molecule has 1 saturated heterocycles. The average molecular weight is 414 g/mol. The van der Waals surface area contributed by atoms with Crippen molar-refractivity contribution in [3.05, 3.63) is 52.9 Å². The van der Waals surface area contributed by atoms with Gasteiger partial charge in [-0.25, -0.2) is 13.2 Å². The third-order valence-electron chi connectivity index (χ3n) is 5.02. The summed E-state index contributed by atoms with van der Waals surface area (Å²) in [7, 11) is -3.41. The van der Waals surface area contributed by atoms with Crippen LogP contribution in [0.15, 0.2) is 52.5 Å². The van der Waals surface area contributed by atoms with E-state index >= 15 is 0 Å². The van der Waals surface area contributed by atoms with Gasteiger partial charge < -0.3 is 9.47 Å². The van der Waals surface area contributed by atoms with Crippen LogP contribution in [-0.2, 0) is 14.6 Å².